The van der Waals surface area contributed by atoms with Gasteiger partial charge in [-0.2, -0.15) is 5.10 Å². The molecule has 6 nitrogen and oxygen atoms in total. The first-order valence-corrected chi connectivity index (χ1v) is 6.57. The van der Waals surface area contributed by atoms with Gasteiger partial charge in [-0.3, -0.25) is 4.98 Å². The van der Waals surface area contributed by atoms with E-state index in [0.717, 1.165) is 11.3 Å². The molecule has 22 heavy (non-hydrogen) atoms. The molecule has 0 saturated carbocycles. The normalized spacial score (nSPS) is 10.4. The predicted octanol–water partition coefficient (Wildman–Crippen LogP) is 2.64. The molecule has 6 heteroatoms. The second-order valence-electron chi connectivity index (χ2n) is 4.57. The van der Waals surface area contributed by atoms with Crippen molar-refractivity contribution in [2.24, 2.45) is 0 Å². The Labute approximate surface area is 126 Å². The monoisotopic (exact) mass is 295 g/mol. The summed E-state index contributed by atoms with van der Waals surface area (Å²) in [6, 6.07) is 12.4. The summed E-state index contributed by atoms with van der Waals surface area (Å²) in [5, 5.41) is 13.4. The van der Waals surface area contributed by atoms with Crippen LogP contribution in [-0.2, 0) is 0 Å². The summed E-state index contributed by atoms with van der Waals surface area (Å²) in [5.74, 6) is -0.400. The molecule has 0 atom stereocenters. The van der Waals surface area contributed by atoms with Gasteiger partial charge in [0.25, 0.3) is 0 Å². The number of rotatable bonds is 4. The number of carbonyl (C=O) groups is 1. The number of benzene rings is 1. The zero-order valence-corrected chi connectivity index (χ0v) is 11.8. The first-order valence-electron chi connectivity index (χ1n) is 6.57. The predicted molar refractivity (Wildman–Crippen MR) is 80.3 cm³/mol. The Morgan fingerprint density at radius 2 is 1.95 bits per heavy atom. The lowest BCUT2D eigenvalue weighted by atomic mass is 10.2. The molecular formula is C16H13N3O3. The minimum atomic E-state index is -1.07. The first-order chi connectivity index (χ1) is 10.7. The van der Waals surface area contributed by atoms with Crippen LogP contribution in [0.4, 0.5) is 0 Å². The van der Waals surface area contributed by atoms with E-state index in [1.807, 2.05) is 18.2 Å². The lowest BCUT2D eigenvalue weighted by Gasteiger charge is -2.08. The first kappa shape index (κ1) is 13.8. The summed E-state index contributed by atoms with van der Waals surface area (Å²) < 4.78 is 6.79. The van der Waals surface area contributed by atoms with Gasteiger partial charge in [-0.25, -0.2) is 9.48 Å². The molecule has 0 amide bonds. The van der Waals surface area contributed by atoms with Crippen molar-refractivity contribution < 1.29 is 14.6 Å². The standard InChI is InChI=1S/C16H13N3O3/c1-22-13-4-2-3-12(9-13)19-15(10-14(18-19)16(20)21)11-5-7-17-8-6-11/h2-10H,1H3,(H,20,21). The molecule has 0 aliphatic rings. The van der Waals surface area contributed by atoms with Crippen molar-refractivity contribution in [3.63, 3.8) is 0 Å². The highest BCUT2D eigenvalue weighted by molar-refractivity contribution is 5.87. The summed E-state index contributed by atoms with van der Waals surface area (Å²) in [5.41, 5.74) is 2.21. The minimum Gasteiger partial charge on any atom is -0.497 e. The van der Waals surface area contributed by atoms with Gasteiger partial charge in [0.2, 0.25) is 0 Å². The summed E-state index contributed by atoms with van der Waals surface area (Å²) >= 11 is 0. The van der Waals surface area contributed by atoms with E-state index in [1.54, 1.807) is 42.4 Å². The van der Waals surface area contributed by atoms with Gasteiger partial charge in [-0.15, -0.1) is 0 Å². The number of carboxylic acids is 1. The number of ether oxygens (including phenoxy) is 1. The van der Waals surface area contributed by atoms with Crippen molar-refractivity contribution in [3.8, 4) is 22.7 Å². The van der Waals surface area contributed by atoms with Crippen LogP contribution < -0.4 is 4.74 Å². The van der Waals surface area contributed by atoms with Crippen LogP contribution in [0.1, 0.15) is 10.5 Å². The van der Waals surface area contributed by atoms with E-state index in [9.17, 15) is 9.90 Å². The molecule has 3 aromatic rings. The van der Waals surface area contributed by atoms with E-state index in [2.05, 4.69) is 10.1 Å². The Morgan fingerprint density at radius 3 is 2.64 bits per heavy atom. The largest absolute Gasteiger partial charge is 0.497 e. The molecule has 2 aromatic heterocycles. The van der Waals surface area contributed by atoms with Crippen molar-refractivity contribution in [1.29, 1.82) is 0 Å². The van der Waals surface area contributed by atoms with Crippen LogP contribution in [0.5, 0.6) is 5.75 Å². The number of methoxy groups -OCH3 is 1. The summed E-state index contributed by atoms with van der Waals surface area (Å²) in [7, 11) is 1.58. The van der Waals surface area contributed by atoms with E-state index >= 15 is 0 Å². The molecule has 0 spiro atoms. The maximum absolute atomic E-state index is 11.2. The number of nitrogens with zero attached hydrogens (tertiary/aromatic N) is 3. The number of hydrogen-bond acceptors (Lipinski definition) is 4. The number of hydrogen-bond donors (Lipinski definition) is 1. The summed E-state index contributed by atoms with van der Waals surface area (Å²) in [4.78, 5) is 15.2. The smallest absolute Gasteiger partial charge is 0.356 e. The maximum Gasteiger partial charge on any atom is 0.356 e. The molecule has 2 heterocycles. The van der Waals surface area contributed by atoms with E-state index in [4.69, 9.17) is 4.74 Å². The van der Waals surface area contributed by atoms with Gasteiger partial charge in [-0.05, 0) is 30.3 Å². The van der Waals surface area contributed by atoms with Gasteiger partial charge >= 0.3 is 5.97 Å². The molecule has 3 rings (SSSR count). The molecule has 0 radical (unpaired) electrons. The lowest BCUT2D eigenvalue weighted by Crippen LogP contribution is -2.02. The molecule has 0 saturated heterocycles. The maximum atomic E-state index is 11.2. The Morgan fingerprint density at radius 1 is 1.18 bits per heavy atom. The van der Waals surface area contributed by atoms with Crippen LogP contribution in [0, 0.1) is 0 Å². The van der Waals surface area contributed by atoms with Crippen molar-refractivity contribution in [3.05, 3.63) is 60.6 Å². The Hall–Kier alpha value is -3.15. The van der Waals surface area contributed by atoms with Gasteiger partial charge in [-0.1, -0.05) is 6.07 Å². The van der Waals surface area contributed by atoms with E-state index < -0.39 is 5.97 Å². The average molecular weight is 295 g/mol. The Balaban J connectivity index is 2.19. The van der Waals surface area contributed by atoms with Crippen LogP contribution in [0.3, 0.4) is 0 Å². The van der Waals surface area contributed by atoms with Gasteiger partial charge in [0.1, 0.15) is 5.75 Å². The van der Waals surface area contributed by atoms with Gasteiger partial charge < -0.3 is 9.84 Å². The van der Waals surface area contributed by atoms with Crippen molar-refractivity contribution in [2.75, 3.05) is 7.11 Å². The quantitative estimate of drug-likeness (QED) is 0.800. The van der Waals surface area contributed by atoms with E-state index in [0.29, 0.717) is 11.4 Å². The van der Waals surface area contributed by atoms with Crippen LogP contribution in [0.2, 0.25) is 0 Å². The highest BCUT2D eigenvalue weighted by Gasteiger charge is 2.16. The minimum absolute atomic E-state index is 0.0189. The molecular weight excluding hydrogens is 282 g/mol. The number of carboxylic acid groups (broad SMARTS) is 1. The average Bonchev–Trinajstić information content (AvgIpc) is 3.01. The molecule has 1 aromatic carbocycles. The van der Waals surface area contributed by atoms with Crippen molar-refractivity contribution >= 4 is 5.97 Å². The van der Waals surface area contributed by atoms with Crippen LogP contribution in [-0.4, -0.2) is 33.0 Å². The van der Waals surface area contributed by atoms with E-state index in [1.165, 1.54) is 6.07 Å². The Kier molecular flexibility index (Phi) is 3.57. The zero-order valence-electron chi connectivity index (χ0n) is 11.8. The van der Waals surface area contributed by atoms with Crippen LogP contribution in [0.25, 0.3) is 16.9 Å². The van der Waals surface area contributed by atoms with E-state index in [-0.39, 0.29) is 5.69 Å². The van der Waals surface area contributed by atoms with Crippen LogP contribution >= 0.6 is 0 Å². The fraction of sp³-hybridized carbons (Fsp3) is 0.0625. The van der Waals surface area contributed by atoms with Gasteiger partial charge in [0, 0.05) is 24.0 Å². The number of aromatic nitrogens is 3. The summed E-state index contributed by atoms with van der Waals surface area (Å²) in [6.07, 6.45) is 3.30. The van der Waals surface area contributed by atoms with Crippen LogP contribution in [0.15, 0.2) is 54.9 Å². The fourth-order valence-electron chi connectivity index (χ4n) is 2.15. The third-order valence-electron chi connectivity index (χ3n) is 3.20. The fourth-order valence-corrected chi connectivity index (χ4v) is 2.15. The second kappa shape index (κ2) is 5.69. The molecule has 0 aliphatic heterocycles. The zero-order chi connectivity index (χ0) is 15.5. The molecule has 0 bridgehead atoms. The molecule has 1 N–H and O–H groups in total. The van der Waals surface area contributed by atoms with Gasteiger partial charge in [0.15, 0.2) is 5.69 Å². The highest BCUT2D eigenvalue weighted by Crippen LogP contribution is 2.25. The molecule has 0 unspecified atom stereocenters. The lowest BCUT2D eigenvalue weighted by molar-refractivity contribution is 0.0690. The topological polar surface area (TPSA) is 77.2 Å². The SMILES string of the molecule is COc1cccc(-n2nc(C(=O)O)cc2-c2ccncc2)c1. The Bertz CT molecular complexity index is 813. The number of aromatic carboxylic acids is 1. The number of pyridine rings is 1. The van der Waals surface area contributed by atoms with Crippen molar-refractivity contribution in [1.82, 2.24) is 14.8 Å². The third-order valence-corrected chi connectivity index (χ3v) is 3.20. The summed E-state index contributed by atoms with van der Waals surface area (Å²) in [6.45, 7) is 0. The highest BCUT2D eigenvalue weighted by atomic mass is 16.5. The van der Waals surface area contributed by atoms with Crippen molar-refractivity contribution in [2.45, 2.75) is 0 Å². The molecule has 110 valence electrons. The second-order valence-corrected chi connectivity index (χ2v) is 4.57. The van der Waals surface area contributed by atoms with Gasteiger partial charge in [0.05, 0.1) is 18.5 Å². The molecule has 0 fully saturated rings. The third kappa shape index (κ3) is 2.54. The molecule has 0 aliphatic carbocycles.